The van der Waals surface area contributed by atoms with Gasteiger partial charge in [-0.05, 0) is 66.6 Å². The monoisotopic (exact) mass is 515 g/mol. The zero-order valence-corrected chi connectivity index (χ0v) is 20.7. The van der Waals surface area contributed by atoms with Gasteiger partial charge in [-0.15, -0.1) is 0 Å². The molecule has 3 amide bonds. The third kappa shape index (κ3) is 5.58. The van der Waals surface area contributed by atoms with Gasteiger partial charge in [0, 0.05) is 31.7 Å². The SMILES string of the molecule is COc1ccc(/C=C2/SC(=O)N(CCNC(=O)c3cccc(S(=O)(=O)N4CCCC4)c3)C2=O)cc1. The zero-order chi connectivity index (χ0) is 25.0. The molecule has 35 heavy (non-hydrogen) atoms. The third-order valence-corrected chi connectivity index (χ3v) is 8.51. The fraction of sp³-hybridized carbons (Fsp3) is 0.292. The van der Waals surface area contributed by atoms with Gasteiger partial charge in [-0.3, -0.25) is 19.3 Å². The number of ether oxygens (including phenoxy) is 1. The zero-order valence-electron chi connectivity index (χ0n) is 19.1. The predicted molar refractivity (Wildman–Crippen MR) is 132 cm³/mol. The molecule has 2 aliphatic heterocycles. The van der Waals surface area contributed by atoms with Crippen molar-refractivity contribution < 1.29 is 27.5 Å². The van der Waals surface area contributed by atoms with E-state index in [1.54, 1.807) is 37.5 Å². The standard InChI is InChI=1S/C24H25N3O6S2/c1-33-19-9-7-17(8-10-19)15-21-23(29)27(24(30)34-21)14-11-25-22(28)18-5-4-6-20(16-18)35(31,32)26-12-2-3-13-26/h4-10,15-16H,2-3,11-14H2,1H3,(H,25,28)/b21-15+. The maximum atomic E-state index is 12.8. The van der Waals surface area contributed by atoms with E-state index in [9.17, 15) is 22.8 Å². The highest BCUT2D eigenvalue weighted by molar-refractivity contribution is 8.18. The number of rotatable bonds is 8. The lowest BCUT2D eigenvalue weighted by molar-refractivity contribution is -0.122. The molecule has 0 aromatic heterocycles. The Hall–Kier alpha value is -3.15. The molecule has 0 saturated carbocycles. The highest BCUT2D eigenvalue weighted by Gasteiger charge is 2.34. The first-order valence-electron chi connectivity index (χ1n) is 11.1. The van der Waals surface area contributed by atoms with E-state index in [0.29, 0.717) is 23.7 Å². The van der Waals surface area contributed by atoms with Gasteiger partial charge in [0.2, 0.25) is 10.0 Å². The molecule has 2 saturated heterocycles. The Morgan fingerprint density at radius 1 is 1.11 bits per heavy atom. The molecule has 0 atom stereocenters. The van der Waals surface area contributed by atoms with Gasteiger partial charge >= 0.3 is 0 Å². The Morgan fingerprint density at radius 2 is 1.83 bits per heavy atom. The van der Waals surface area contributed by atoms with Crippen molar-refractivity contribution >= 4 is 44.9 Å². The number of benzene rings is 2. The second-order valence-electron chi connectivity index (χ2n) is 8.00. The van der Waals surface area contributed by atoms with Crippen molar-refractivity contribution in [1.29, 1.82) is 0 Å². The highest BCUT2D eigenvalue weighted by atomic mass is 32.2. The molecule has 0 spiro atoms. The van der Waals surface area contributed by atoms with Crippen molar-refractivity contribution in [2.24, 2.45) is 0 Å². The van der Waals surface area contributed by atoms with Crippen LogP contribution >= 0.6 is 11.8 Å². The summed E-state index contributed by atoms with van der Waals surface area (Å²) in [7, 11) is -2.08. The number of hydrogen-bond donors (Lipinski definition) is 1. The summed E-state index contributed by atoms with van der Waals surface area (Å²) >= 11 is 0.842. The van der Waals surface area contributed by atoms with Crippen LogP contribution in [0.5, 0.6) is 5.75 Å². The smallest absolute Gasteiger partial charge is 0.293 e. The molecule has 1 N–H and O–H groups in total. The maximum Gasteiger partial charge on any atom is 0.293 e. The summed E-state index contributed by atoms with van der Waals surface area (Å²) < 4.78 is 32.1. The number of amides is 3. The molecular weight excluding hydrogens is 490 g/mol. The lowest BCUT2D eigenvalue weighted by Crippen LogP contribution is -2.37. The van der Waals surface area contributed by atoms with Crippen LogP contribution in [0, 0.1) is 0 Å². The Labute approximate surface area is 208 Å². The maximum absolute atomic E-state index is 12.8. The van der Waals surface area contributed by atoms with Crippen molar-refractivity contribution in [2.75, 3.05) is 33.3 Å². The van der Waals surface area contributed by atoms with Gasteiger partial charge < -0.3 is 10.1 Å². The number of nitrogens with one attached hydrogen (secondary N) is 1. The van der Waals surface area contributed by atoms with Crippen LogP contribution in [0.4, 0.5) is 4.79 Å². The molecule has 11 heteroatoms. The van der Waals surface area contributed by atoms with Gasteiger partial charge in [0.1, 0.15) is 5.75 Å². The molecule has 0 radical (unpaired) electrons. The van der Waals surface area contributed by atoms with Crippen LogP contribution in [-0.2, 0) is 14.8 Å². The summed E-state index contributed by atoms with van der Waals surface area (Å²) in [6.07, 6.45) is 3.28. The Morgan fingerprint density at radius 3 is 2.51 bits per heavy atom. The molecule has 0 bridgehead atoms. The Kier molecular flexibility index (Phi) is 7.58. The molecule has 184 valence electrons. The minimum Gasteiger partial charge on any atom is -0.497 e. The third-order valence-electron chi connectivity index (χ3n) is 5.71. The molecule has 0 aliphatic carbocycles. The molecule has 2 aromatic rings. The number of imide groups is 1. The van der Waals surface area contributed by atoms with E-state index in [1.165, 1.54) is 28.6 Å². The largest absolute Gasteiger partial charge is 0.497 e. The molecule has 4 rings (SSSR count). The molecule has 9 nitrogen and oxygen atoms in total. The number of methoxy groups -OCH3 is 1. The van der Waals surface area contributed by atoms with Crippen LogP contribution in [-0.4, -0.2) is 68.0 Å². The van der Waals surface area contributed by atoms with Crippen LogP contribution < -0.4 is 10.1 Å². The molecule has 2 aromatic carbocycles. The summed E-state index contributed by atoms with van der Waals surface area (Å²) in [5.74, 6) is -0.224. The van der Waals surface area contributed by atoms with Crippen molar-refractivity contribution in [3.63, 3.8) is 0 Å². The van der Waals surface area contributed by atoms with Gasteiger partial charge in [0.25, 0.3) is 17.1 Å². The summed E-state index contributed by atoms with van der Waals surface area (Å²) in [5, 5.41) is 2.24. The van der Waals surface area contributed by atoms with E-state index < -0.39 is 27.1 Å². The van der Waals surface area contributed by atoms with Crippen LogP contribution in [0.2, 0.25) is 0 Å². The number of hydrogen-bond acceptors (Lipinski definition) is 7. The average Bonchev–Trinajstić information content (AvgIpc) is 3.50. The van der Waals surface area contributed by atoms with E-state index in [4.69, 9.17) is 4.74 Å². The molecule has 2 aliphatic rings. The van der Waals surface area contributed by atoms with E-state index in [0.717, 1.165) is 35.1 Å². The molecule has 0 unspecified atom stereocenters. The van der Waals surface area contributed by atoms with Crippen LogP contribution in [0.3, 0.4) is 0 Å². The van der Waals surface area contributed by atoms with E-state index in [-0.39, 0.29) is 23.5 Å². The first-order chi connectivity index (χ1) is 16.8. The normalized spacial score (nSPS) is 17.9. The van der Waals surface area contributed by atoms with Gasteiger partial charge in [0.05, 0.1) is 16.9 Å². The Balaban J connectivity index is 1.35. The molecular formula is C24H25N3O6S2. The van der Waals surface area contributed by atoms with E-state index in [1.807, 2.05) is 0 Å². The van der Waals surface area contributed by atoms with Gasteiger partial charge in [-0.1, -0.05) is 18.2 Å². The highest BCUT2D eigenvalue weighted by Crippen LogP contribution is 2.32. The van der Waals surface area contributed by atoms with Gasteiger partial charge in [-0.25, -0.2) is 8.42 Å². The second-order valence-corrected chi connectivity index (χ2v) is 10.9. The van der Waals surface area contributed by atoms with E-state index in [2.05, 4.69) is 5.32 Å². The summed E-state index contributed by atoms with van der Waals surface area (Å²) in [6.45, 7) is 0.991. The first kappa shape index (κ1) is 25.0. The van der Waals surface area contributed by atoms with Crippen LogP contribution in [0.25, 0.3) is 6.08 Å². The summed E-state index contributed by atoms with van der Waals surface area (Å²) in [5.41, 5.74) is 0.951. The lowest BCUT2D eigenvalue weighted by atomic mass is 10.2. The lowest BCUT2D eigenvalue weighted by Gasteiger charge is -2.16. The quantitative estimate of drug-likeness (QED) is 0.538. The number of sulfonamides is 1. The van der Waals surface area contributed by atoms with Crippen molar-refractivity contribution in [3.8, 4) is 5.75 Å². The number of nitrogens with zero attached hydrogens (tertiary/aromatic N) is 2. The van der Waals surface area contributed by atoms with Gasteiger partial charge in [0.15, 0.2) is 0 Å². The number of carbonyl (C=O) groups excluding carboxylic acids is 3. The minimum atomic E-state index is -3.64. The fourth-order valence-electron chi connectivity index (χ4n) is 3.80. The predicted octanol–water partition coefficient (Wildman–Crippen LogP) is 2.95. The summed E-state index contributed by atoms with van der Waals surface area (Å²) in [6, 6.07) is 13.0. The van der Waals surface area contributed by atoms with Crippen LogP contribution in [0.15, 0.2) is 58.3 Å². The second kappa shape index (κ2) is 10.6. The fourth-order valence-corrected chi connectivity index (χ4v) is 6.23. The van der Waals surface area contributed by atoms with Crippen molar-refractivity contribution in [1.82, 2.24) is 14.5 Å². The Bertz CT molecular complexity index is 1270. The van der Waals surface area contributed by atoms with Gasteiger partial charge in [-0.2, -0.15) is 4.31 Å². The first-order valence-corrected chi connectivity index (χ1v) is 13.3. The molecule has 2 fully saturated rings. The number of carbonyl (C=O) groups is 3. The number of thioether (sulfide) groups is 1. The topological polar surface area (TPSA) is 113 Å². The van der Waals surface area contributed by atoms with Crippen molar-refractivity contribution in [3.05, 3.63) is 64.6 Å². The minimum absolute atomic E-state index is 0.00211. The molecule has 2 heterocycles. The van der Waals surface area contributed by atoms with E-state index >= 15 is 0 Å². The van der Waals surface area contributed by atoms with Crippen LogP contribution in [0.1, 0.15) is 28.8 Å². The summed E-state index contributed by atoms with van der Waals surface area (Å²) in [4.78, 5) is 39.1. The van der Waals surface area contributed by atoms with Crippen molar-refractivity contribution in [2.45, 2.75) is 17.7 Å². The average molecular weight is 516 g/mol.